The van der Waals surface area contributed by atoms with Crippen molar-refractivity contribution >= 4 is 11.6 Å². The fraction of sp³-hybridized carbons (Fsp3) is 0.409. The van der Waals surface area contributed by atoms with Gasteiger partial charge in [0.1, 0.15) is 0 Å². The van der Waals surface area contributed by atoms with Gasteiger partial charge in [-0.15, -0.1) is 0 Å². The summed E-state index contributed by atoms with van der Waals surface area (Å²) in [5.74, 6) is 2.81. The molecule has 0 saturated carbocycles. The fourth-order valence-electron chi connectivity index (χ4n) is 2.97. The molecule has 1 atom stereocenters. The van der Waals surface area contributed by atoms with Crippen LogP contribution in [0.4, 0.5) is 5.69 Å². The number of anilines is 1. The molecule has 2 aromatic carbocycles. The number of benzene rings is 2. The highest BCUT2D eigenvalue weighted by Crippen LogP contribution is 2.39. The highest BCUT2D eigenvalue weighted by molar-refractivity contribution is 5.92. The van der Waals surface area contributed by atoms with E-state index in [2.05, 4.69) is 36.3 Å². The highest BCUT2D eigenvalue weighted by Gasteiger charge is 2.15. The standard InChI is InChI=1S/C22H31N3O3/c1-6-15(2)16-7-10-18(11-8-16)25-22(23)24-14-13-17-9-12-19(26-3)21(28-5)20(17)27-4/h7-12,15H,6,13-14H2,1-5H3,(H3,23,24,25). The van der Waals surface area contributed by atoms with Crippen LogP contribution >= 0.6 is 0 Å². The van der Waals surface area contributed by atoms with Gasteiger partial charge in [0, 0.05) is 17.8 Å². The normalized spacial score (nSPS) is 12.4. The van der Waals surface area contributed by atoms with Crippen molar-refractivity contribution in [3.05, 3.63) is 47.5 Å². The van der Waals surface area contributed by atoms with Crippen LogP contribution in [0.3, 0.4) is 0 Å². The van der Waals surface area contributed by atoms with Gasteiger partial charge in [0.15, 0.2) is 17.5 Å². The lowest BCUT2D eigenvalue weighted by atomic mass is 9.99. The maximum Gasteiger partial charge on any atom is 0.203 e. The summed E-state index contributed by atoms with van der Waals surface area (Å²) in [6, 6.07) is 12.1. The quantitative estimate of drug-likeness (QED) is 0.500. The molecule has 0 fully saturated rings. The summed E-state index contributed by atoms with van der Waals surface area (Å²) in [5.41, 5.74) is 9.26. The molecule has 152 valence electrons. The van der Waals surface area contributed by atoms with Gasteiger partial charge in [0.05, 0.1) is 21.3 Å². The maximum atomic E-state index is 6.03. The zero-order chi connectivity index (χ0) is 20.5. The monoisotopic (exact) mass is 385 g/mol. The van der Waals surface area contributed by atoms with Crippen molar-refractivity contribution in [2.45, 2.75) is 32.6 Å². The van der Waals surface area contributed by atoms with Gasteiger partial charge < -0.3 is 25.3 Å². The number of methoxy groups -OCH3 is 3. The topological polar surface area (TPSA) is 78.1 Å². The number of guanidine groups is 1. The Morgan fingerprint density at radius 2 is 1.68 bits per heavy atom. The molecule has 2 rings (SSSR count). The fourth-order valence-corrected chi connectivity index (χ4v) is 2.97. The molecule has 0 aliphatic rings. The van der Waals surface area contributed by atoms with E-state index in [9.17, 15) is 0 Å². The number of nitrogens with zero attached hydrogens (tertiary/aromatic N) is 1. The Balaban J connectivity index is 2.00. The van der Waals surface area contributed by atoms with Crippen LogP contribution < -0.4 is 25.3 Å². The Morgan fingerprint density at radius 1 is 1.00 bits per heavy atom. The van der Waals surface area contributed by atoms with Gasteiger partial charge in [0.25, 0.3) is 0 Å². The highest BCUT2D eigenvalue weighted by atomic mass is 16.5. The number of nitrogens with two attached hydrogens (primary N) is 1. The Labute approximate surface area is 167 Å². The van der Waals surface area contributed by atoms with Crippen LogP contribution in [0, 0.1) is 0 Å². The molecule has 3 N–H and O–H groups in total. The third kappa shape index (κ3) is 5.31. The number of hydrogen-bond donors (Lipinski definition) is 2. The van der Waals surface area contributed by atoms with Crippen LogP contribution in [0.25, 0.3) is 0 Å². The second kappa shape index (κ2) is 10.4. The summed E-state index contributed by atoms with van der Waals surface area (Å²) in [5, 5.41) is 3.13. The van der Waals surface area contributed by atoms with Crippen molar-refractivity contribution in [1.82, 2.24) is 0 Å². The van der Waals surface area contributed by atoms with E-state index in [0.29, 0.717) is 42.1 Å². The van der Waals surface area contributed by atoms with Gasteiger partial charge in [-0.05, 0) is 42.5 Å². The Bertz CT molecular complexity index is 788. The van der Waals surface area contributed by atoms with Crippen molar-refractivity contribution in [3.8, 4) is 17.2 Å². The minimum atomic E-state index is 0.385. The van der Waals surface area contributed by atoms with Crippen LogP contribution in [0.15, 0.2) is 41.4 Å². The van der Waals surface area contributed by atoms with Crippen LogP contribution in [0.2, 0.25) is 0 Å². The smallest absolute Gasteiger partial charge is 0.203 e. The Hall–Kier alpha value is -2.89. The first-order valence-electron chi connectivity index (χ1n) is 9.48. The van der Waals surface area contributed by atoms with E-state index in [4.69, 9.17) is 19.9 Å². The van der Waals surface area contributed by atoms with Crippen molar-refractivity contribution in [1.29, 1.82) is 0 Å². The lowest BCUT2D eigenvalue weighted by Crippen LogP contribution is -2.23. The molecule has 0 radical (unpaired) electrons. The summed E-state index contributed by atoms with van der Waals surface area (Å²) in [4.78, 5) is 4.42. The Kier molecular flexibility index (Phi) is 7.99. The first-order valence-corrected chi connectivity index (χ1v) is 9.48. The molecule has 1 unspecified atom stereocenters. The number of nitrogens with one attached hydrogen (secondary N) is 1. The largest absolute Gasteiger partial charge is 0.493 e. The number of aliphatic imine (C=N–C) groups is 1. The maximum absolute atomic E-state index is 6.03. The lowest BCUT2D eigenvalue weighted by Gasteiger charge is -2.15. The van der Waals surface area contributed by atoms with Crippen molar-refractivity contribution < 1.29 is 14.2 Å². The molecule has 0 bridgehead atoms. The van der Waals surface area contributed by atoms with Crippen LogP contribution in [0.1, 0.15) is 37.3 Å². The Morgan fingerprint density at radius 3 is 2.25 bits per heavy atom. The predicted molar refractivity (Wildman–Crippen MR) is 115 cm³/mol. The van der Waals surface area contributed by atoms with E-state index in [-0.39, 0.29) is 0 Å². The third-order valence-corrected chi connectivity index (χ3v) is 4.81. The van der Waals surface area contributed by atoms with Crippen LogP contribution in [-0.4, -0.2) is 33.8 Å². The number of rotatable bonds is 9. The molecule has 6 nitrogen and oxygen atoms in total. The van der Waals surface area contributed by atoms with E-state index < -0.39 is 0 Å². The number of ether oxygens (including phenoxy) is 3. The molecule has 0 amide bonds. The molecule has 2 aromatic rings. The van der Waals surface area contributed by atoms with Gasteiger partial charge in [0.2, 0.25) is 5.75 Å². The summed E-state index contributed by atoms with van der Waals surface area (Å²) in [6.07, 6.45) is 1.79. The number of hydrogen-bond acceptors (Lipinski definition) is 4. The van der Waals surface area contributed by atoms with Gasteiger partial charge in [-0.25, -0.2) is 0 Å². The minimum absolute atomic E-state index is 0.385. The van der Waals surface area contributed by atoms with Gasteiger partial charge in [-0.2, -0.15) is 0 Å². The lowest BCUT2D eigenvalue weighted by molar-refractivity contribution is 0.322. The zero-order valence-corrected chi connectivity index (χ0v) is 17.4. The molecular weight excluding hydrogens is 354 g/mol. The van der Waals surface area contributed by atoms with E-state index in [1.54, 1.807) is 21.3 Å². The van der Waals surface area contributed by atoms with Crippen molar-refractivity contribution in [3.63, 3.8) is 0 Å². The van der Waals surface area contributed by atoms with Crippen molar-refractivity contribution in [2.75, 3.05) is 33.2 Å². The van der Waals surface area contributed by atoms with Gasteiger partial charge >= 0.3 is 0 Å². The summed E-state index contributed by atoms with van der Waals surface area (Å²) < 4.78 is 16.2. The molecule has 6 heteroatoms. The first kappa shape index (κ1) is 21.4. The van der Waals surface area contributed by atoms with E-state index >= 15 is 0 Å². The molecule has 0 aliphatic heterocycles. The van der Waals surface area contributed by atoms with Gasteiger partial charge in [-0.1, -0.05) is 32.0 Å². The van der Waals surface area contributed by atoms with Crippen LogP contribution in [-0.2, 0) is 6.42 Å². The van der Waals surface area contributed by atoms with Crippen molar-refractivity contribution in [2.24, 2.45) is 10.7 Å². The van der Waals surface area contributed by atoms with E-state index in [0.717, 1.165) is 17.7 Å². The SMILES string of the molecule is CCC(C)c1ccc(NC(N)=NCCc2ccc(OC)c(OC)c2OC)cc1. The second-order valence-corrected chi connectivity index (χ2v) is 6.57. The molecule has 28 heavy (non-hydrogen) atoms. The molecule has 0 aliphatic carbocycles. The molecule has 0 heterocycles. The summed E-state index contributed by atoms with van der Waals surface area (Å²) in [6.45, 7) is 4.94. The summed E-state index contributed by atoms with van der Waals surface area (Å²) >= 11 is 0. The first-order chi connectivity index (χ1) is 13.5. The second-order valence-electron chi connectivity index (χ2n) is 6.57. The predicted octanol–water partition coefficient (Wildman–Crippen LogP) is 4.20. The van der Waals surface area contributed by atoms with Gasteiger partial charge in [-0.3, -0.25) is 4.99 Å². The van der Waals surface area contributed by atoms with Crippen LogP contribution in [0.5, 0.6) is 17.2 Å². The van der Waals surface area contributed by atoms with E-state index in [1.807, 2.05) is 24.3 Å². The average molecular weight is 386 g/mol. The average Bonchev–Trinajstić information content (AvgIpc) is 2.72. The molecular formula is C22H31N3O3. The molecule has 0 aromatic heterocycles. The molecule has 0 saturated heterocycles. The summed E-state index contributed by atoms with van der Waals surface area (Å²) in [7, 11) is 4.81. The third-order valence-electron chi connectivity index (χ3n) is 4.81. The van der Waals surface area contributed by atoms with E-state index in [1.165, 1.54) is 5.56 Å². The minimum Gasteiger partial charge on any atom is -0.493 e. The zero-order valence-electron chi connectivity index (χ0n) is 17.4. The molecule has 0 spiro atoms.